The van der Waals surface area contributed by atoms with E-state index in [9.17, 15) is 17.6 Å². The summed E-state index contributed by atoms with van der Waals surface area (Å²) in [6.07, 6.45) is 2.23. The summed E-state index contributed by atoms with van der Waals surface area (Å²) in [6, 6.07) is 11.9. The van der Waals surface area contributed by atoms with Crippen molar-refractivity contribution in [2.75, 3.05) is 11.1 Å². The predicted octanol–water partition coefficient (Wildman–Crippen LogP) is 5.02. The number of fused-ring (bicyclic) bond motifs is 1. The molecule has 0 bridgehead atoms. The lowest BCUT2D eigenvalue weighted by Gasteiger charge is -2.15. The summed E-state index contributed by atoms with van der Waals surface area (Å²) in [4.78, 5) is 17.2. The van der Waals surface area contributed by atoms with E-state index in [1.54, 1.807) is 13.0 Å². The fraction of sp³-hybridized carbons (Fsp3) is 0.214. The molecule has 1 fully saturated rings. The van der Waals surface area contributed by atoms with Gasteiger partial charge in [-0.25, -0.2) is 21.6 Å². The second-order valence-electron chi connectivity index (χ2n) is 9.80. The zero-order valence-electron chi connectivity index (χ0n) is 21.6. The van der Waals surface area contributed by atoms with Crippen molar-refractivity contribution in [1.29, 1.82) is 0 Å². The third kappa shape index (κ3) is 4.86. The lowest BCUT2D eigenvalue weighted by Crippen LogP contribution is -2.21. The molecule has 0 atom stereocenters. The summed E-state index contributed by atoms with van der Waals surface area (Å²) in [5.41, 5.74) is -0.429. The Labute approximate surface area is 231 Å². The van der Waals surface area contributed by atoms with E-state index >= 15 is 8.78 Å². The van der Waals surface area contributed by atoms with E-state index in [2.05, 4.69) is 20.6 Å². The molecule has 0 saturated heterocycles. The van der Waals surface area contributed by atoms with Crippen LogP contribution in [-0.4, -0.2) is 40.0 Å². The van der Waals surface area contributed by atoms with E-state index in [0.29, 0.717) is 29.3 Å². The Bertz CT molecular complexity index is 1890. The molecule has 1 aliphatic rings. The van der Waals surface area contributed by atoms with Gasteiger partial charge in [0.05, 0.1) is 27.8 Å². The van der Waals surface area contributed by atoms with Crippen LogP contribution in [0.1, 0.15) is 31.2 Å². The molecule has 2 aromatic heterocycles. The van der Waals surface area contributed by atoms with Gasteiger partial charge in [-0.2, -0.15) is 10.1 Å². The molecule has 1 saturated carbocycles. The first-order valence-corrected chi connectivity index (χ1v) is 14.3. The van der Waals surface area contributed by atoms with E-state index in [1.807, 2.05) is 0 Å². The Morgan fingerprint density at radius 2 is 1.76 bits per heavy atom. The highest BCUT2D eigenvalue weighted by atomic mass is 32.2. The van der Waals surface area contributed by atoms with Gasteiger partial charge in [0, 0.05) is 22.2 Å². The van der Waals surface area contributed by atoms with Crippen LogP contribution >= 0.6 is 0 Å². The van der Waals surface area contributed by atoms with Gasteiger partial charge in [-0.3, -0.25) is 9.48 Å². The number of amides is 1. The minimum absolute atomic E-state index is 0.0474. The van der Waals surface area contributed by atoms with Crippen LogP contribution in [-0.2, 0) is 26.6 Å². The minimum atomic E-state index is -3.41. The zero-order valence-corrected chi connectivity index (χ0v) is 22.4. The van der Waals surface area contributed by atoms with E-state index in [4.69, 9.17) is 4.52 Å². The Morgan fingerprint density at radius 1 is 1.05 bits per heavy atom. The molecular weight excluding hydrogens is 559 g/mol. The van der Waals surface area contributed by atoms with Crippen molar-refractivity contribution in [3.05, 3.63) is 89.6 Å². The number of sulfone groups is 1. The van der Waals surface area contributed by atoms with Crippen molar-refractivity contribution in [1.82, 2.24) is 19.9 Å². The third-order valence-corrected chi connectivity index (χ3v) is 8.88. The summed E-state index contributed by atoms with van der Waals surface area (Å²) < 4.78 is 74.8. The summed E-state index contributed by atoms with van der Waals surface area (Å²) in [5.74, 6) is -2.60. The molecule has 6 rings (SSSR count). The number of benzene rings is 3. The summed E-state index contributed by atoms with van der Waals surface area (Å²) in [6.45, 7) is 1.28. The Morgan fingerprint density at radius 3 is 2.41 bits per heavy atom. The van der Waals surface area contributed by atoms with Gasteiger partial charge in [0.1, 0.15) is 24.0 Å². The van der Waals surface area contributed by atoms with E-state index in [0.717, 1.165) is 12.1 Å². The predicted molar refractivity (Wildman–Crippen MR) is 142 cm³/mol. The first-order valence-electron chi connectivity index (χ1n) is 12.7. The monoisotopic (exact) mass is 581 g/mol. The maximum atomic E-state index is 15.3. The molecule has 3 aromatic carbocycles. The number of anilines is 1. The number of rotatable bonds is 8. The van der Waals surface area contributed by atoms with Crippen LogP contribution < -0.4 is 5.32 Å². The third-order valence-electron chi connectivity index (χ3n) is 7.15. The second-order valence-corrected chi connectivity index (χ2v) is 12.1. The van der Waals surface area contributed by atoms with Crippen LogP contribution in [0.2, 0.25) is 0 Å². The molecule has 5 aromatic rings. The quantitative estimate of drug-likeness (QED) is 0.273. The van der Waals surface area contributed by atoms with Crippen molar-refractivity contribution in [3.63, 3.8) is 0 Å². The lowest BCUT2D eigenvalue weighted by atomic mass is 9.93. The van der Waals surface area contributed by atoms with Crippen LogP contribution in [0.25, 0.3) is 22.4 Å². The van der Waals surface area contributed by atoms with E-state index in [-0.39, 0.29) is 40.2 Å². The molecule has 41 heavy (non-hydrogen) atoms. The first-order chi connectivity index (χ1) is 19.6. The van der Waals surface area contributed by atoms with Crippen LogP contribution in [0.4, 0.5) is 18.9 Å². The van der Waals surface area contributed by atoms with Crippen molar-refractivity contribution < 1.29 is 30.9 Å². The fourth-order valence-corrected chi connectivity index (χ4v) is 5.74. The van der Waals surface area contributed by atoms with Gasteiger partial charge in [-0.05, 0) is 67.4 Å². The maximum absolute atomic E-state index is 15.3. The molecule has 9 nitrogen and oxygen atoms in total. The number of carbonyl (C=O) groups is 1. The molecular formula is C28H22F3N5O4S. The maximum Gasteiger partial charge on any atom is 0.257 e. The smallest absolute Gasteiger partial charge is 0.257 e. The topological polar surface area (TPSA) is 120 Å². The number of carbonyl (C=O) groups excluding carboxylic acids is 1. The highest BCUT2D eigenvalue weighted by Crippen LogP contribution is 2.54. The number of hydrogen-bond acceptors (Lipinski definition) is 7. The second kappa shape index (κ2) is 9.84. The average Bonchev–Trinajstić information content (AvgIpc) is 3.38. The molecule has 210 valence electrons. The normalized spacial score (nSPS) is 14.3. The minimum Gasteiger partial charge on any atom is -0.334 e. The van der Waals surface area contributed by atoms with Crippen molar-refractivity contribution in [2.24, 2.45) is 0 Å². The van der Waals surface area contributed by atoms with Crippen LogP contribution in [0.15, 0.2) is 70.2 Å². The molecule has 2 heterocycles. The number of halogens is 3. The molecule has 0 radical (unpaired) electrons. The summed E-state index contributed by atoms with van der Waals surface area (Å²) >= 11 is 0. The number of aromatic nitrogens is 4. The van der Waals surface area contributed by atoms with Gasteiger partial charge in [-0.1, -0.05) is 12.1 Å². The van der Waals surface area contributed by atoms with Crippen LogP contribution in [0, 0.1) is 17.5 Å². The van der Waals surface area contributed by atoms with Gasteiger partial charge < -0.3 is 9.84 Å². The van der Waals surface area contributed by atoms with Gasteiger partial charge in [-0.15, -0.1) is 0 Å². The lowest BCUT2D eigenvalue weighted by molar-refractivity contribution is -0.116. The molecule has 0 unspecified atom stereocenters. The molecule has 0 aliphatic heterocycles. The van der Waals surface area contributed by atoms with Crippen LogP contribution in [0.5, 0.6) is 0 Å². The van der Waals surface area contributed by atoms with Crippen molar-refractivity contribution in [3.8, 4) is 11.5 Å². The highest BCUT2D eigenvalue weighted by molar-refractivity contribution is 7.91. The molecule has 13 heteroatoms. The summed E-state index contributed by atoms with van der Waals surface area (Å²) in [5, 5.41) is 11.1. The Hall–Kier alpha value is -4.52. The van der Waals surface area contributed by atoms with Gasteiger partial charge in [0.15, 0.2) is 15.7 Å². The Kier molecular flexibility index (Phi) is 6.40. The fourth-order valence-electron chi connectivity index (χ4n) is 4.83. The van der Waals surface area contributed by atoms with Crippen molar-refractivity contribution in [2.45, 2.75) is 36.6 Å². The van der Waals surface area contributed by atoms with E-state index < -0.39 is 38.6 Å². The molecule has 1 N–H and O–H groups in total. The van der Waals surface area contributed by atoms with Gasteiger partial charge in [0.2, 0.25) is 5.91 Å². The highest BCUT2D eigenvalue weighted by Gasteiger charge is 2.53. The molecule has 1 amide bonds. The van der Waals surface area contributed by atoms with Crippen molar-refractivity contribution >= 4 is 32.3 Å². The first kappa shape index (κ1) is 26.7. The van der Waals surface area contributed by atoms with Gasteiger partial charge >= 0.3 is 0 Å². The molecule has 1 aliphatic carbocycles. The van der Waals surface area contributed by atoms with Crippen LogP contribution in [0.3, 0.4) is 0 Å². The standard InChI is InChI=1S/C28H22F3N5O4S/c1-2-41(38,39)20-7-8-23-17(11-20)14-32-36(23)15-24(37)33-19-12-21(30)25(22(31)13-19)28(9-10-28)27-34-26(40-35-27)16-3-5-18(29)6-4-16/h3-8,11-14H,2,9-10,15H2,1H3,(H,33,37). The Balaban J connectivity index is 1.20. The number of hydrogen-bond donors (Lipinski definition) is 1. The SMILES string of the molecule is CCS(=O)(=O)c1ccc2c(cnn2CC(=O)Nc2cc(F)c(C3(c4noc(-c5ccc(F)cc5)n4)CC3)c(F)c2)c1. The van der Waals surface area contributed by atoms with E-state index in [1.165, 1.54) is 47.3 Å². The summed E-state index contributed by atoms with van der Waals surface area (Å²) in [7, 11) is -3.41. The van der Waals surface area contributed by atoms with Gasteiger partial charge in [0.25, 0.3) is 5.89 Å². The number of nitrogens with one attached hydrogen (secondary N) is 1. The average molecular weight is 582 g/mol. The zero-order chi connectivity index (χ0) is 28.9. The largest absolute Gasteiger partial charge is 0.334 e. The number of nitrogens with zero attached hydrogens (tertiary/aromatic N) is 4. The molecule has 0 spiro atoms.